The summed E-state index contributed by atoms with van der Waals surface area (Å²) in [4.78, 5) is 19.1. The molecule has 5 heteroatoms. The maximum Gasteiger partial charge on any atom is 0.251 e. The van der Waals surface area contributed by atoms with Gasteiger partial charge in [0.1, 0.15) is 5.82 Å². The molecule has 2 aromatic carbocycles. The molecule has 1 aliphatic heterocycles. The number of hydrogen-bond donors (Lipinski definition) is 2. The molecule has 1 amide bonds. The van der Waals surface area contributed by atoms with E-state index in [4.69, 9.17) is 5.73 Å². The number of likely N-dealkylation sites (tertiary alicyclic amines) is 1. The van der Waals surface area contributed by atoms with Crippen molar-refractivity contribution < 1.29 is 4.79 Å². The van der Waals surface area contributed by atoms with Crippen molar-refractivity contribution in [3.63, 3.8) is 0 Å². The second-order valence-electron chi connectivity index (χ2n) is 7.47. The van der Waals surface area contributed by atoms with Crippen molar-refractivity contribution in [3.05, 3.63) is 84.1 Å². The van der Waals surface area contributed by atoms with Gasteiger partial charge in [-0.15, -0.1) is 0 Å². The van der Waals surface area contributed by atoms with Crippen LogP contribution in [0.15, 0.2) is 72.9 Å². The first-order valence-electron chi connectivity index (χ1n) is 10.1. The Hall–Kier alpha value is -3.18. The zero-order valence-corrected chi connectivity index (χ0v) is 16.4. The molecule has 1 aliphatic rings. The second-order valence-corrected chi connectivity index (χ2v) is 7.47. The normalized spacial score (nSPS) is 16.6. The van der Waals surface area contributed by atoms with Crippen molar-refractivity contribution >= 4 is 11.7 Å². The van der Waals surface area contributed by atoms with Crippen molar-refractivity contribution in [2.75, 3.05) is 31.9 Å². The molecule has 148 valence electrons. The van der Waals surface area contributed by atoms with Crippen molar-refractivity contribution in [1.82, 2.24) is 15.2 Å². The molecule has 5 nitrogen and oxygen atoms in total. The Kier molecular flexibility index (Phi) is 5.86. The average molecular weight is 386 g/mol. The third kappa shape index (κ3) is 4.63. The van der Waals surface area contributed by atoms with Gasteiger partial charge in [-0.3, -0.25) is 4.79 Å². The van der Waals surface area contributed by atoms with Crippen molar-refractivity contribution in [3.8, 4) is 11.1 Å². The molecular formula is C24H26N4O. The van der Waals surface area contributed by atoms with Crippen LogP contribution in [-0.4, -0.2) is 42.0 Å². The van der Waals surface area contributed by atoms with Crippen LogP contribution in [0.5, 0.6) is 0 Å². The van der Waals surface area contributed by atoms with Gasteiger partial charge in [0.15, 0.2) is 0 Å². The maximum atomic E-state index is 12.6. The van der Waals surface area contributed by atoms with Crippen LogP contribution in [0.4, 0.5) is 5.82 Å². The number of carbonyl (C=O) groups is 1. The second kappa shape index (κ2) is 8.88. The van der Waals surface area contributed by atoms with E-state index < -0.39 is 0 Å². The molecule has 0 unspecified atom stereocenters. The lowest BCUT2D eigenvalue weighted by molar-refractivity contribution is 0.0949. The third-order valence-electron chi connectivity index (χ3n) is 5.53. The lowest BCUT2D eigenvalue weighted by Gasteiger charge is -2.16. The number of rotatable bonds is 6. The summed E-state index contributed by atoms with van der Waals surface area (Å²) in [6.07, 6.45) is 2.84. The van der Waals surface area contributed by atoms with Crippen molar-refractivity contribution in [2.45, 2.75) is 12.3 Å². The van der Waals surface area contributed by atoms with Crippen LogP contribution in [0, 0.1) is 0 Å². The van der Waals surface area contributed by atoms with Crippen LogP contribution < -0.4 is 11.1 Å². The summed E-state index contributed by atoms with van der Waals surface area (Å²) in [5.41, 5.74) is 9.74. The number of nitrogen functional groups attached to an aromatic ring is 1. The first-order valence-corrected chi connectivity index (χ1v) is 10.1. The Labute approximate surface area is 171 Å². The number of pyridine rings is 1. The van der Waals surface area contributed by atoms with Crippen molar-refractivity contribution in [1.29, 1.82) is 0 Å². The monoisotopic (exact) mass is 386 g/mol. The molecule has 1 fully saturated rings. The summed E-state index contributed by atoms with van der Waals surface area (Å²) in [6, 6.07) is 21.9. The summed E-state index contributed by atoms with van der Waals surface area (Å²) < 4.78 is 0. The predicted molar refractivity (Wildman–Crippen MR) is 117 cm³/mol. The van der Waals surface area contributed by atoms with Gasteiger partial charge in [0, 0.05) is 37.0 Å². The lowest BCUT2D eigenvalue weighted by Crippen LogP contribution is -2.33. The van der Waals surface area contributed by atoms with E-state index in [1.807, 2.05) is 36.4 Å². The van der Waals surface area contributed by atoms with E-state index in [0.29, 0.717) is 23.8 Å². The minimum Gasteiger partial charge on any atom is -0.383 e. The van der Waals surface area contributed by atoms with Gasteiger partial charge in [0.2, 0.25) is 0 Å². The standard InChI is InChI=1S/C24H26N4O/c25-23-22(10-5-12-26-23)19-8-4-9-20(16-19)24(29)27-13-15-28-14-11-21(17-28)18-6-2-1-3-7-18/h1-10,12,16,21H,11,13-15,17H2,(H2,25,26)(H,27,29)/t21-/m0/s1. The molecule has 4 rings (SSSR count). The molecule has 0 spiro atoms. The van der Waals surface area contributed by atoms with E-state index >= 15 is 0 Å². The SMILES string of the molecule is Nc1ncccc1-c1cccc(C(=O)NCCN2CC[C@H](c3ccccc3)C2)c1. The molecular weight excluding hydrogens is 360 g/mol. The number of aromatic nitrogens is 1. The summed E-state index contributed by atoms with van der Waals surface area (Å²) >= 11 is 0. The molecule has 1 aromatic heterocycles. The topological polar surface area (TPSA) is 71.2 Å². The van der Waals surface area contributed by atoms with Gasteiger partial charge in [0.05, 0.1) is 0 Å². The number of nitrogens with two attached hydrogens (primary N) is 1. The molecule has 0 aliphatic carbocycles. The number of benzene rings is 2. The van der Waals surface area contributed by atoms with Crippen LogP contribution in [0.3, 0.4) is 0 Å². The molecule has 1 saturated heterocycles. The molecule has 0 saturated carbocycles. The minimum absolute atomic E-state index is 0.0619. The van der Waals surface area contributed by atoms with Crippen LogP contribution >= 0.6 is 0 Å². The van der Waals surface area contributed by atoms with Crippen LogP contribution in [0.2, 0.25) is 0 Å². The Morgan fingerprint density at radius 1 is 1.10 bits per heavy atom. The predicted octanol–water partition coefficient (Wildman–Crippen LogP) is 3.55. The number of nitrogens with one attached hydrogen (secondary N) is 1. The number of carbonyl (C=O) groups excluding carboxylic acids is 1. The molecule has 2 heterocycles. The average Bonchev–Trinajstić information content (AvgIpc) is 3.24. The number of amides is 1. The van der Waals surface area contributed by atoms with E-state index in [-0.39, 0.29) is 5.91 Å². The van der Waals surface area contributed by atoms with Gasteiger partial charge in [-0.1, -0.05) is 42.5 Å². The fraction of sp³-hybridized carbons (Fsp3) is 0.250. The van der Waals surface area contributed by atoms with Crippen molar-refractivity contribution in [2.24, 2.45) is 0 Å². The van der Waals surface area contributed by atoms with E-state index in [1.165, 1.54) is 12.0 Å². The van der Waals surface area contributed by atoms with Crippen LogP contribution in [-0.2, 0) is 0 Å². The fourth-order valence-electron chi connectivity index (χ4n) is 3.95. The summed E-state index contributed by atoms with van der Waals surface area (Å²) in [6.45, 7) is 3.63. The largest absolute Gasteiger partial charge is 0.383 e. The summed E-state index contributed by atoms with van der Waals surface area (Å²) in [5, 5.41) is 3.05. The lowest BCUT2D eigenvalue weighted by atomic mass is 9.99. The molecule has 29 heavy (non-hydrogen) atoms. The van der Waals surface area contributed by atoms with E-state index in [0.717, 1.165) is 30.8 Å². The van der Waals surface area contributed by atoms with Gasteiger partial charge in [-0.2, -0.15) is 0 Å². The number of hydrogen-bond acceptors (Lipinski definition) is 4. The molecule has 1 atom stereocenters. The highest BCUT2D eigenvalue weighted by Gasteiger charge is 2.23. The van der Waals surface area contributed by atoms with E-state index in [2.05, 4.69) is 45.5 Å². The molecule has 0 bridgehead atoms. The number of anilines is 1. The highest BCUT2D eigenvalue weighted by molar-refractivity contribution is 5.95. The molecule has 3 aromatic rings. The smallest absolute Gasteiger partial charge is 0.251 e. The highest BCUT2D eigenvalue weighted by atomic mass is 16.1. The Bertz CT molecular complexity index is 973. The first kappa shape index (κ1) is 19.2. The Morgan fingerprint density at radius 3 is 2.79 bits per heavy atom. The highest BCUT2D eigenvalue weighted by Crippen LogP contribution is 2.26. The first-order chi connectivity index (χ1) is 14.2. The van der Waals surface area contributed by atoms with Crippen LogP contribution in [0.1, 0.15) is 28.3 Å². The van der Waals surface area contributed by atoms with Gasteiger partial charge >= 0.3 is 0 Å². The van der Waals surface area contributed by atoms with Crippen LogP contribution in [0.25, 0.3) is 11.1 Å². The third-order valence-corrected chi connectivity index (χ3v) is 5.53. The number of nitrogens with zero attached hydrogens (tertiary/aromatic N) is 2. The van der Waals surface area contributed by atoms with E-state index in [1.54, 1.807) is 6.20 Å². The van der Waals surface area contributed by atoms with Gasteiger partial charge in [-0.25, -0.2) is 4.98 Å². The van der Waals surface area contributed by atoms with E-state index in [9.17, 15) is 4.79 Å². The van der Waals surface area contributed by atoms with Gasteiger partial charge in [0.25, 0.3) is 5.91 Å². The maximum absolute atomic E-state index is 12.6. The van der Waals surface area contributed by atoms with Gasteiger partial charge < -0.3 is 16.0 Å². The zero-order valence-electron chi connectivity index (χ0n) is 16.4. The Balaban J connectivity index is 1.31. The minimum atomic E-state index is -0.0619. The summed E-state index contributed by atoms with van der Waals surface area (Å²) in [7, 11) is 0. The summed E-state index contributed by atoms with van der Waals surface area (Å²) in [5.74, 6) is 0.994. The van der Waals surface area contributed by atoms with Gasteiger partial charge in [-0.05, 0) is 54.3 Å². The molecule has 3 N–H and O–H groups in total. The quantitative estimate of drug-likeness (QED) is 0.680. The zero-order chi connectivity index (χ0) is 20.1. The Morgan fingerprint density at radius 2 is 1.97 bits per heavy atom. The fourth-order valence-corrected chi connectivity index (χ4v) is 3.95. The molecule has 0 radical (unpaired) electrons.